The SMILES string of the molecule is C=CC(C)(CNCCC)Cc1cc(Cl)ccc1OC. The zero-order valence-electron chi connectivity index (χ0n) is 12.1. The van der Waals surface area contributed by atoms with Gasteiger partial charge in [0.05, 0.1) is 7.11 Å². The minimum absolute atomic E-state index is 0.00681. The number of hydrogen-bond acceptors (Lipinski definition) is 2. The van der Waals surface area contributed by atoms with Gasteiger partial charge in [0, 0.05) is 17.0 Å². The first kappa shape index (κ1) is 16.1. The molecule has 1 aromatic carbocycles. The van der Waals surface area contributed by atoms with Gasteiger partial charge in [0.2, 0.25) is 0 Å². The molecule has 1 N–H and O–H groups in total. The normalized spacial score (nSPS) is 13.9. The van der Waals surface area contributed by atoms with Crippen LogP contribution in [-0.4, -0.2) is 20.2 Å². The van der Waals surface area contributed by atoms with Gasteiger partial charge >= 0.3 is 0 Å². The highest BCUT2D eigenvalue weighted by atomic mass is 35.5. The van der Waals surface area contributed by atoms with Gasteiger partial charge in [-0.1, -0.05) is 31.5 Å². The molecular weight excluding hydrogens is 258 g/mol. The van der Waals surface area contributed by atoms with E-state index in [0.29, 0.717) is 0 Å². The van der Waals surface area contributed by atoms with Gasteiger partial charge in [-0.3, -0.25) is 0 Å². The molecule has 0 fully saturated rings. The zero-order chi connectivity index (χ0) is 14.3. The summed E-state index contributed by atoms with van der Waals surface area (Å²) in [7, 11) is 1.69. The van der Waals surface area contributed by atoms with Crippen molar-refractivity contribution in [2.45, 2.75) is 26.7 Å². The second-order valence-electron chi connectivity index (χ2n) is 5.17. The molecule has 0 bridgehead atoms. The van der Waals surface area contributed by atoms with Crippen LogP contribution in [-0.2, 0) is 6.42 Å². The van der Waals surface area contributed by atoms with Gasteiger partial charge in [-0.25, -0.2) is 0 Å². The molecule has 0 amide bonds. The summed E-state index contributed by atoms with van der Waals surface area (Å²) in [5.74, 6) is 0.882. The van der Waals surface area contributed by atoms with E-state index in [-0.39, 0.29) is 5.41 Å². The molecule has 0 aromatic heterocycles. The minimum Gasteiger partial charge on any atom is -0.496 e. The molecule has 3 heteroatoms. The van der Waals surface area contributed by atoms with Crippen LogP contribution in [0.5, 0.6) is 5.75 Å². The highest BCUT2D eigenvalue weighted by Crippen LogP contribution is 2.30. The van der Waals surface area contributed by atoms with Crippen molar-refractivity contribution >= 4 is 11.6 Å². The average Bonchev–Trinajstić information content (AvgIpc) is 2.39. The van der Waals surface area contributed by atoms with E-state index in [0.717, 1.165) is 42.3 Å². The van der Waals surface area contributed by atoms with Crippen LogP contribution in [0.3, 0.4) is 0 Å². The van der Waals surface area contributed by atoms with Crippen LogP contribution in [0, 0.1) is 5.41 Å². The first-order valence-corrected chi connectivity index (χ1v) is 7.09. The van der Waals surface area contributed by atoms with Crippen molar-refractivity contribution in [2.75, 3.05) is 20.2 Å². The molecule has 0 saturated heterocycles. The van der Waals surface area contributed by atoms with Crippen LogP contribution in [0.2, 0.25) is 5.02 Å². The van der Waals surface area contributed by atoms with Gasteiger partial charge in [-0.05, 0) is 43.1 Å². The number of rotatable bonds is 8. The predicted molar refractivity (Wildman–Crippen MR) is 83.2 cm³/mol. The third-order valence-electron chi connectivity index (χ3n) is 3.29. The Hall–Kier alpha value is -0.990. The summed E-state index contributed by atoms with van der Waals surface area (Å²) in [5, 5.41) is 4.19. The average molecular weight is 282 g/mol. The Bertz CT molecular complexity index is 419. The summed E-state index contributed by atoms with van der Waals surface area (Å²) in [6, 6.07) is 5.74. The van der Waals surface area contributed by atoms with Gasteiger partial charge in [-0.2, -0.15) is 0 Å². The fourth-order valence-corrected chi connectivity index (χ4v) is 2.27. The van der Waals surface area contributed by atoms with Crippen LogP contribution in [0.25, 0.3) is 0 Å². The standard InChI is InChI=1S/C16H24ClNO/c1-5-9-18-12-16(3,6-2)11-13-10-14(17)7-8-15(13)19-4/h6-8,10,18H,2,5,9,11-12H2,1,3-4H3. The Balaban J connectivity index is 2.84. The lowest BCUT2D eigenvalue weighted by atomic mass is 9.83. The van der Waals surface area contributed by atoms with Crippen LogP contribution in [0.1, 0.15) is 25.8 Å². The Morgan fingerprint density at radius 2 is 2.21 bits per heavy atom. The number of benzene rings is 1. The number of hydrogen-bond donors (Lipinski definition) is 1. The molecule has 0 aliphatic carbocycles. The van der Waals surface area contributed by atoms with Crippen LogP contribution >= 0.6 is 11.6 Å². The van der Waals surface area contributed by atoms with E-state index < -0.39 is 0 Å². The lowest BCUT2D eigenvalue weighted by molar-refractivity contribution is 0.371. The third-order valence-corrected chi connectivity index (χ3v) is 3.52. The number of nitrogens with one attached hydrogen (secondary N) is 1. The maximum absolute atomic E-state index is 6.08. The van der Waals surface area contributed by atoms with Gasteiger partial charge < -0.3 is 10.1 Å². The van der Waals surface area contributed by atoms with E-state index >= 15 is 0 Å². The summed E-state index contributed by atoms with van der Waals surface area (Å²) < 4.78 is 5.40. The Kier molecular flexibility index (Phi) is 6.40. The van der Waals surface area contributed by atoms with Crippen molar-refractivity contribution in [1.29, 1.82) is 0 Å². The minimum atomic E-state index is -0.00681. The van der Waals surface area contributed by atoms with Gasteiger partial charge in [0.1, 0.15) is 5.75 Å². The number of methoxy groups -OCH3 is 1. The van der Waals surface area contributed by atoms with Crippen molar-refractivity contribution < 1.29 is 4.74 Å². The van der Waals surface area contributed by atoms with E-state index in [2.05, 4.69) is 25.7 Å². The van der Waals surface area contributed by atoms with E-state index in [1.165, 1.54) is 0 Å². The summed E-state index contributed by atoms with van der Waals surface area (Å²) in [6.07, 6.45) is 4.00. The van der Waals surface area contributed by atoms with Crippen molar-refractivity contribution in [3.05, 3.63) is 41.4 Å². The Morgan fingerprint density at radius 1 is 1.47 bits per heavy atom. The monoisotopic (exact) mass is 281 g/mol. The fourth-order valence-electron chi connectivity index (χ4n) is 2.08. The highest BCUT2D eigenvalue weighted by molar-refractivity contribution is 6.30. The largest absolute Gasteiger partial charge is 0.496 e. The lowest BCUT2D eigenvalue weighted by Crippen LogP contribution is -2.32. The maximum atomic E-state index is 6.08. The third kappa shape index (κ3) is 4.88. The molecule has 0 radical (unpaired) electrons. The molecular formula is C16H24ClNO. The molecule has 0 aliphatic rings. The summed E-state index contributed by atoms with van der Waals surface area (Å²) in [4.78, 5) is 0. The van der Waals surface area contributed by atoms with Crippen LogP contribution < -0.4 is 10.1 Å². The molecule has 0 aliphatic heterocycles. The molecule has 0 heterocycles. The molecule has 19 heavy (non-hydrogen) atoms. The summed E-state index contributed by atoms with van der Waals surface area (Å²) >= 11 is 6.08. The second-order valence-corrected chi connectivity index (χ2v) is 5.60. The first-order chi connectivity index (χ1) is 9.04. The first-order valence-electron chi connectivity index (χ1n) is 6.71. The maximum Gasteiger partial charge on any atom is 0.122 e. The summed E-state index contributed by atoms with van der Waals surface area (Å²) in [5.41, 5.74) is 1.11. The molecule has 1 rings (SSSR count). The molecule has 2 nitrogen and oxygen atoms in total. The van der Waals surface area contributed by atoms with Crippen molar-refractivity contribution in [3.63, 3.8) is 0 Å². The zero-order valence-corrected chi connectivity index (χ0v) is 12.9. The molecule has 1 unspecified atom stereocenters. The Morgan fingerprint density at radius 3 is 2.79 bits per heavy atom. The number of halogens is 1. The lowest BCUT2D eigenvalue weighted by Gasteiger charge is -2.27. The van der Waals surface area contributed by atoms with Crippen LogP contribution in [0.4, 0.5) is 0 Å². The van der Waals surface area contributed by atoms with Crippen molar-refractivity contribution in [2.24, 2.45) is 5.41 Å². The molecule has 1 atom stereocenters. The van der Waals surface area contributed by atoms with E-state index in [1.807, 2.05) is 24.3 Å². The van der Waals surface area contributed by atoms with Crippen LogP contribution in [0.15, 0.2) is 30.9 Å². The van der Waals surface area contributed by atoms with Gasteiger partial charge in [0.15, 0.2) is 0 Å². The van der Waals surface area contributed by atoms with Crippen molar-refractivity contribution in [3.8, 4) is 5.75 Å². The Labute approximate surface area is 121 Å². The quantitative estimate of drug-likeness (QED) is 0.573. The number of ether oxygens (including phenoxy) is 1. The van der Waals surface area contributed by atoms with E-state index in [4.69, 9.17) is 16.3 Å². The topological polar surface area (TPSA) is 21.3 Å². The van der Waals surface area contributed by atoms with E-state index in [9.17, 15) is 0 Å². The molecule has 106 valence electrons. The van der Waals surface area contributed by atoms with Crippen molar-refractivity contribution in [1.82, 2.24) is 5.32 Å². The van der Waals surface area contributed by atoms with E-state index in [1.54, 1.807) is 7.11 Å². The molecule has 0 saturated carbocycles. The summed E-state index contributed by atoms with van der Waals surface area (Å²) in [6.45, 7) is 10.3. The van der Waals surface area contributed by atoms with Gasteiger partial charge in [-0.15, -0.1) is 6.58 Å². The fraction of sp³-hybridized carbons (Fsp3) is 0.500. The highest BCUT2D eigenvalue weighted by Gasteiger charge is 2.22. The predicted octanol–water partition coefficient (Wildman–Crippen LogP) is 4.08. The smallest absolute Gasteiger partial charge is 0.122 e. The molecule has 1 aromatic rings. The van der Waals surface area contributed by atoms with Gasteiger partial charge in [0.25, 0.3) is 0 Å². The second kappa shape index (κ2) is 7.56. The molecule has 0 spiro atoms.